The fourth-order valence-electron chi connectivity index (χ4n) is 4.41. The number of fused-ring (bicyclic) bond motifs is 3. The predicted molar refractivity (Wildman–Crippen MR) is 89.7 cm³/mol. The Labute approximate surface area is 143 Å². The molecule has 134 valence electrons. The van der Waals surface area contributed by atoms with E-state index in [1.807, 2.05) is 6.20 Å². The zero-order chi connectivity index (χ0) is 16.6. The Balaban J connectivity index is 1.37. The summed E-state index contributed by atoms with van der Waals surface area (Å²) in [4.78, 5) is 5.12. The lowest BCUT2D eigenvalue weighted by molar-refractivity contribution is -0.0718. The van der Waals surface area contributed by atoms with Crippen LogP contribution in [-0.2, 0) is 16.1 Å². The van der Waals surface area contributed by atoms with Gasteiger partial charge >= 0.3 is 0 Å². The van der Waals surface area contributed by atoms with Gasteiger partial charge < -0.3 is 14.4 Å². The lowest BCUT2D eigenvalue weighted by Gasteiger charge is -2.44. The number of morpholine rings is 1. The van der Waals surface area contributed by atoms with Crippen LogP contribution in [0.5, 0.6) is 0 Å². The Kier molecular flexibility index (Phi) is 4.60. The number of hydrogen-bond donors (Lipinski definition) is 0. The van der Waals surface area contributed by atoms with Gasteiger partial charge in [-0.15, -0.1) is 5.10 Å². The van der Waals surface area contributed by atoms with Crippen molar-refractivity contribution in [3.63, 3.8) is 0 Å². The predicted octanol–water partition coefficient (Wildman–Crippen LogP) is 0.782. The highest BCUT2D eigenvalue weighted by Crippen LogP contribution is 2.31. The Hall–Kier alpha value is -1.02. The number of ether oxygens (including phenoxy) is 2. The highest BCUT2D eigenvalue weighted by molar-refractivity contribution is 5.01. The third-order valence-electron chi connectivity index (χ3n) is 5.42. The molecule has 3 aliphatic heterocycles. The maximum atomic E-state index is 6.02. The molecule has 0 bridgehead atoms. The van der Waals surface area contributed by atoms with E-state index >= 15 is 0 Å². The number of hydrogen-bond acceptors (Lipinski definition) is 6. The van der Waals surface area contributed by atoms with Crippen molar-refractivity contribution in [2.45, 2.75) is 39.0 Å². The van der Waals surface area contributed by atoms with Crippen LogP contribution in [0.4, 0.5) is 0 Å². The van der Waals surface area contributed by atoms with Crippen LogP contribution in [0.3, 0.4) is 0 Å². The fraction of sp³-hybridized carbons (Fsp3) is 0.882. The summed E-state index contributed by atoms with van der Waals surface area (Å²) in [6.45, 7) is 13.6. The molecular formula is C17H29N5O2. The molecule has 0 spiro atoms. The number of rotatable bonds is 4. The van der Waals surface area contributed by atoms with Gasteiger partial charge in [-0.2, -0.15) is 0 Å². The van der Waals surface area contributed by atoms with Crippen molar-refractivity contribution in [1.29, 1.82) is 0 Å². The molecule has 0 radical (unpaired) electrons. The molecule has 7 nitrogen and oxygen atoms in total. The summed E-state index contributed by atoms with van der Waals surface area (Å²) in [6.07, 6.45) is 3.20. The van der Waals surface area contributed by atoms with E-state index in [1.54, 1.807) is 0 Å². The average Bonchev–Trinajstić information content (AvgIpc) is 3.04. The Morgan fingerprint density at radius 3 is 2.79 bits per heavy atom. The van der Waals surface area contributed by atoms with E-state index in [2.05, 4.69) is 38.6 Å². The van der Waals surface area contributed by atoms with Crippen molar-refractivity contribution in [2.24, 2.45) is 5.41 Å². The second kappa shape index (κ2) is 6.71. The van der Waals surface area contributed by atoms with Crippen LogP contribution >= 0.6 is 0 Å². The van der Waals surface area contributed by atoms with Crippen molar-refractivity contribution in [1.82, 2.24) is 24.8 Å². The SMILES string of the molecule is CC(C)(CN1CCOCC1)CN1CC[C@@H]2OCc3cnnn3[C@H]2C1. The van der Waals surface area contributed by atoms with Crippen molar-refractivity contribution in [3.05, 3.63) is 11.9 Å². The van der Waals surface area contributed by atoms with E-state index in [0.29, 0.717) is 12.6 Å². The first-order valence-corrected chi connectivity index (χ1v) is 9.14. The molecule has 1 aromatic heterocycles. The summed E-state index contributed by atoms with van der Waals surface area (Å²) in [5, 5.41) is 8.37. The van der Waals surface area contributed by atoms with Gasteiger partial charge in [-0.05, 0) is 11.8 Å². The van der Waals surface area contributed by atoms with Gasteiger partial charge in [0.2, 0.25) is 0 Å². The maximum absolute atomic E-state index is 6.02. The number of likely N-dealkylation sites (tertiary alicyclic amines) is 1. The van der Waals surface area contributed by atoms with Gasteiger partial charge in [0.05, 0.1) is 43.9 Å². The van der Waals surface area contributed by atoms with Gasteiger partial charge in [0, 0.05) is 39.3 Å². The Bertz CT molecular complexity index is 555. The summed E-state index contributed by atoms with van der Waals surface area (Å²) < 4.78 is 13.6. The van der Waals surface area contributed by atoms with Gasteiger partial charge in [0.1, 0.15) is 0 Å². The molecule has 2 fully saturated rings. The molecule has 0 aliphatic carbocycles. The van der Waals surface area contributed by atoms with Gasteiger partial charge in [-0.25, -0.2) is 4.68 Å². The zero-order valence-corrected chi connectivity index (χ0v) is 14.9. The van der Waals surface area contributed by atoms with Gasteiger partial charge in [0.25, 0.3) is 0 Å². The van der Waals surface area contributed by atoms with Crippen LogP contribution in [0, 0.1) is 5.41 Å². The van der Waals surface area contributed by atoms with E-state index < -0.39 is 0 Å². The fourth-order valence-corrected chi connectivity index (χ4v) is 4.41. The molecular weight excluding hydrogens is 306 g/mol. The minimum atomic E-state index is 0.269. The molecule has 4 heterocycles. The first-order chi connectivity index (χ1) is 11.6. The Morgan fingerprint density at radius 2 is 1.96 bits per heavy atom. The molecule has 1 aromatic rings. The molecule has 3 aliphatic rings. The second-order valence-corrected chi connectivity index (χ2v) is 8.16. The second-order valence-electron chi connectivity index (χ2n) is 8.16. The summed E-state index contributed by atoms with van der Waals surface area (Å²) in [5.74, 6) is 0. The highest BCUT2D eigenvalue weighted by atomic mass is 16.5. The van der Waals surface area contributed by atoms with E-state index in [9.17, 15) is 0 Å². The monoisotopic (exact) mass is 335 g/mol. The standard InChI is InChI=1S/C17H29N5O2/c1-17(2,12-20-5-7-23-8-6-20)13-21-4-3-16-15(10-21)22-14(11-24-16)9-18-19-22/h9,15-16H,3-8,10-13H2,1-2H3/t15-,16-/m0/s1. The smallest absolute Gasteiger partial charge is 0.0929 e. The minimum Gasteiger partial charge on any atom is -0.379 e. The number of aromatic nitrogens is 3. The molecule has 0 aromatic carbocycles. The molecule has 2 atom stereocenters. The zero-order valence-electron chi connectivity index (χ0n) is 14.9. The lowest BCUT2D eigenvalue weighted by Crippen LogP contribution is -2.52. The molecule has 2 saturated heterocycles. The normalized spacial score (nSPS) is 29.2. The average molecular weight is 335 g/mol. The van der Waals surface area contributed by atoms with Crippen LogP contribution in [0.1, 0.15) is 32.0 Å². The van der Waals surface area contributed by atoms with E-state index in [0.717, 1.165) is 64.6 Å². The minimum absolute atomic E-state index is 0.269. The van der Waals surface area contributed by atoms with E-state index in [4.69, 9.17) is 9.47 Å². The van der Waals surface area contributed by atoms with Crippen molar-refractivity contribution < 1.29 is 9.47 Å². The number of piperidine rings is 1. The van der Waals surface area contributed by atoms with Crippen LogP contribution in [0.2, 0.25) is 0 Å². The number of nitrogens with zero attached hydrogens (tertiary/aromatic N) is 5. The summed E-state index contributed by atoms with van der Waals surface area (Å²) in [5.41, 5.74) is 1.37. The quantitative estimate of drug-likeness (QED) is 0.811. The van der Waals surface area contributed by atoms with Crippen molar-refractivity contribution in [3.8, 4) is 0 Å². The van der Waals surface area contributed by atoms with Gasteiger partial charge in [0.15, 0.2) is 0 Å². The molecule has 24 heavy (non-hydrogen) atoms. The van der Waals surface area contributed by atoms with Crippen LogP contribution in [0.15, 0.2) is 6.20 Å². The van der Waals surface area contributed by atoms with Crippen LogP contribution in [0.25, 0.3) is 0 Å². The molecule has 4 rings (SSSR count). The van der Waals surface area contributed by atoms with E-state index in [-0.39, 0.29) is 11.5 Å². The molecule has 0 unspecified atom stereocenters. The summed E-state index contributed by atoms with van der Waals surface area (Å²) >= 11 is 0. The van der Waals surface area contributed by atoms with Crippen molar-refractivity contribution >= 4 is 0 Å². The first-order valence-electron chi connectivity index (χ1n) is 9.14. The summed E-state index contributed by atoms with van der Waals surface area (Å²) in [6, 6.07) is 0.309. The molecule has 7 heteroatoms. The van der Waals surface area contributed by atoms with Crippen LogP contribution in [-0.4, -0.2) is 83.4 Å². The largest absolute Gasteiger partial charge is 0.379 e. The third-order valence-corrected chi connectivity index (χ3v) is 5.42. The first kappa shape index (κ1) is 16.4. The highest BCUT2D eigenvalue weighted by Gasteiger charge is 2.38. The van der Waals surface area contributed by atoms with Crippen molar-refractivity contribution in [2.75, 3.05) is 52.5 Å². The van der Waals surface area contributed by atoms with E-state index in [1.165, 1.54) is 0 Å². The van der Waals surface area contributed by atoms with Crippen LogP contribution < -0.4 is 0 Å². The van der Waals surface area contributed by atoms with Gasteiger partial charge in [-0.3, -0.25) is 4.90 Å². The molecule has 0 N–H and O–H groups in total. The topological polar surface area (TPSA) is 55.6 Å². The lowest BCUT2D eigenvalue weighted by atomic mass is 9.90. The van der Waals surface area contributed by atoms with Gasteiger partial charge in [-0.1, -0.05) is 19.1 Å². The molecule has 0 saturated carbocycles. The third kappa shape index (κ3) is 3.49. The maximum Gasteiger partial charge on any atom is 0.0929 e. The summed E-state index contributed by atoms with van der Waals surface area (Å²) in [7, 11) is 0. The Morgan fingerprint density at radius 1 is 1.17 bits per heavy atom. The molecule has 0 amide bonds.